The summed E-state index contributed by atoms with van der Waals surface area (Å²) < 4.78 is 134. The molecular formula is C22H14F10N2O2. The molecule has 1 unspecified atom stereocenters. The van der Waals surface area contributed by atoms with Crippen molar-refractivity contribution in [2.75, 3.05) is 13.1 Å². The molecule has 2 aliphatic heterocycles. The van der Waals surface area contributed by atoms with Gasteiger partial charge in [0.15, 0.2) is 23.1 Å². The third-order valence-electron chi connectivity index (χ3n) is 5.96. The van der Waals surface area contributed by atoms with Gasteiger partial charge in [-0.25, -0.2) is 17.6 Å². The lowest BCUT2D eigenvalue weighted by molar-refractivity contribution is -0.276. The van der Waals surface area contributed by atoms with Crippen LogP contribution in [0.2, 0.25) is 0 Å². The van der Waals surface area contributed by atoms with Gasteiger partial charge in [0.2, 0.25) is 5.91 Å². The predicted molar refractivity (Wildman–Crippen MR) is 103 cm³/mol. The quantitative estimate of drug-likeness (QED) is 0.381. The van der Waals surface area contributed by atoms with Gasteiger partial charge in [0.05, 0.1) is 18.8 Å². The molecule has 1 atom stereocenters. The molecule has 2 aromatic carbocycles. The number of carbonyl (C=O) groups excluding carboxylic acids is 1. The molecule has 2 heterocycles. The van der Waals surface area contributed by atoms with E-state index >= 15 is 4.39 Å². The van der Waals surface area contributed by atoms with E-state index in [-0.39, 0.29) is 29.0 Å². The van der Waals surface area contributed by atoms with Gasteiger partial charge in [-0.1, -0.05) is 29.4 Å². The molecule has 4 rings (SSSR count). The van der Waals surface area contributed by atoms with Crippen LogP contribution in [0.4, 0.5) is 43.9 Å². The number of rotatable bonds is 4. The Bertz CT molecular complexity index is 1190. The summed E-state index contributed by atoms with van der Waals surface area (Å²) in [5.41, 5.74) is -6.85. The highest BCUT2D eigenvalue weighted by molar-refractivity contribution is 6.01. The number of hydrogen-bond donors (Lipinski definition) is 0. The van der Waals surface area contributed by atoms with E-state index in [0.717, 1.165) is 12.1 Å². The van der Waals surface area contributed by atoms with Crippen molar-refractivity contribution in [2.45, 2.75) is 36.5 Å². The number of carbonyl (C=O) groups is 1. The average molecular weight is 528 g/mol. The van der Waals surface area contributed by atoms with E-state index < -0.39 is 78.5 Å². The molecule has 1 fully saturated rings. The minimum atomic E-state index is -5.23. The molecule has 0 bridgehead atoms. The van der Waals surface area contributed by atoms with E-state index in [0.29, 0.717) is 4.90 Å². The Kier molecular flexibility index (Phi) is 5.99. The highest BCUT2D eigenvalue weighted by atomic mass is 19.4. The third kappa shape index (κ3) is 4.48. The fraction of sp³-hybridized carbons (Fsp3) is 0.364. The smallest absolute Gasteiger partial charge is 0.374 e. The Morgan fingerprint density at radius 3 is 2.00 bits per heavy atom. The first-order valence-electron chi connectivity index (χ1n) is 10.2. The lowest BCUT2D eigenvalue weighted by atomic mass is 9.84. The predicted octanol–water partition coefficient (Wildman–Crippen LogP) is 5.65. The number of nitrogens with zero attached hydrogens (tertiary/aromatic N) is 2. The molecule has 0 aromatic heterocycles. The molecule has 194 valence electrons. The number of likely N-dealkylation sites (tertiary alicyclic amines) is 1. The summed E-state index contributed by atoms with van der Waals surface area (Å²) in [6, 6.07) is 4.99. The van der Waals surface area contributed by atoms with Crippen molar-refractivity contribution >= 4 is 11.6 Å². The van der Waals surface area contributed by atoms with Crippen LogP contribution in [0.15, 0.2) is 41.6 Å². The number of benzene rings is 2. The minimum absolute atomic E-state index is 0.0286. The zero-order chi connectivity index (χ0) is 26.7. The van der Waals surface area contributed by atoms with E-state index in [1.165, 1.54) is 12.1 Å². The molecule has 2 aliphatic rings. The Morgan fingerprint density at radius 2 is 1.50 bits per heavy atom. The van der Waals surface area contributed by atoms with Gasteiger partial charge in [-0.2, -0.15) is 26.3 Å². The molecule has 4 nitrogen and oxygen atoms in total. The molecule has 36 heavy (non-hydrogen) atoms. The first kappa shape index (κ1) is 25.8. The van der Waals surface area contributed by atoms with E-state index in [9.17, 15) is 44.3 Å². The van der Waals surface area contributed by atoms with Crippen molar-refractivity contribution in [1.29, 1.82) is 0 Å². The van der Waals surface area contributed by atoms with Gasteiger partial charge in [0.25, 0.3) is 5.60 Å². The topological polar surface area (TPSA) is 41.9 Å². The van der Waals surface area contributed by atoms with Gasteiger partial charge in [0.1, 0.15) is 6.42 Å². The zero-order valence-corrected chi connectivity index (χ0v) is 17.8. The second-order valence-electron chi connectivity index (χ2n) is 8.47. The second kappa shape index (κ2) is 8.37. The molecule has 0 spiro atoms. The van der Waals surface area contributed by atoms with Crippen molar-refractivity contribution in [1.82, 2.24) is 4.90 Å². The van der Waals surface area contributed by atoms with Gasteiger partial charge in [-0.3, -0.25) is 4.79 Å². The van der Waals surface area contributed by atoms with Crippen LogP contribution in [0, 0.1) is 17.5 Å². The van der Waals surface area contributed by atoms with Crippen molar-refractivity contribution in [3.05, 3.63) is 70.5 Å². The fourth-order valence-electron chi connectivity index (χ4n) is 4.01. The Hall–Kier alpha value is -3.32. The highest BCUT2D eigenvalue weighted by Crippen LogP contribution is 2.49. The van der Waals surface area contributed by atoms with E-state index in [1.807, 2.05) is 0 Å². The van der Waals surface area contributed by atoms with E-state index in [4.69, 9.17) is 0 Å². The maximum absolute atomic E-state index is 15.0. The van der Waals surface area contributed by atoms with Crippen LogP contribution in [-0.2, 0) is 20.9 Å². The van der Waals surface area contributed by atoms with Crippen molar-refractivity contribution in [3.8, 4) is 0 Å². The zero-order valence-electron chi connectivity index (χ0n) is 17.8. The SMILES string of the molecule is O=C(CC(F)(F)F)N1CC(F)(c2ccc(C3=NOC(c4cc(F)c(F)c(F)c4)(C(F)(F)F)C3)cc2)C1. The number of amides is 1. The van der Waals surface area contributed by atoms with Crippen LogP contribution >= 0.6 is 0 Å². The lowest BCUT2D eigenvalue weighted by Gasteiger charge is -2.44. The Morgan fingerprint density at radius 1 is 0.944 bits per heavy atom. The number of hydrogen-bond acceptors (Lipinski definition) is 3. The Labute approximate surface area is 196 Å². The molecular weight excluding hydrogens is 514 g/mol. The van der Waals surface area contributed by atoms with Gasteiger partial charge >= 0.3 is 12.4 Å². The monoisotopic (exact) mass is 528 g/mol. The summed E-state index contributed by atoms with van der Waals surface area (Å²) in [5, 5.41) is 3.38. The minimum Gasteiger partial charge on any atom is -0.374 e. The summed E-state index contributed by atoms with van der Waals surface area (Å²) >= 11 is 0. The van der Waals surface area contributed by atoms with Crippen LogP contribution < -0.4 is 0 Å². The van der Waals surface area contributed by atoms with Gasteiger partial charge < -0.3 is 9.74 Å². The maximum Gasteiger partial charge on any atom is 0.435 e. The number of oxime groups is 1. The summed E-state index contributed by atoms with van der Waals surface area (Å²) in [7, 11) is 0. The first-order chi connectivity index (χ1) is 16.5. The van der Waals surface area contributed by atoms with Crippen LogP contribution in [0.3, 0.4) is 0 Å². The molecule has 0 N–H and O–H groups in total. The molecule has 0 saturated carbocycles. The standard InChI is InChI=1S/C22H14F10N2O2/c23-14-5-13(6-15(24)18(14)25)20(22(30,31)32)7-16(33-36-20)11-1-3-12(4-2-11)19(26)9-34(10-19)17(35)8-21(27,28)29/h1-6H,7-10H2. The Balaban J connectivity index is 1.52. The first-order valence-corrected chi connectivity index (χ1v) is 10.2. The largest absolute Gasteiger partial charge is 0.435 e. The van der Waals surface area contributed by atoms with Crippen LogP contribution in [0.25, 0.3) is 0 Å². The molecule has 14 heteroatoms. The van der Waals surface area contributed by atoms with Crippen LogP contribution in [0.5, 0.6) is 0 Å². The summed E-state index contributed by atoms with van der Waals surface area (Å²) in [6.07, 6.45) is -12.7. The van der Waals surface area contributed by atoms with Gasteiger partial charge in [-0.05, 0) is 23.3 Å². The van der Waals surface area contributed by atoms with Crippen molar-refractivity contribution in [2.24, 2.45) is 5.16 Å². The van der Waals surface area contributed by atoms with Crippen LogP contribution in [0.1, 0.15) is 29.5 Å². The molecule has 1 amide bonds. The highest BCUT2D eigenvalue weighted by Gasteiger charge is 2.62. The van der Waals surface area contributed by atoms with Gasteiger partial charge in [-0.15, -0.1) is 0 Å². The molecule has 2 aromatic rings. The lowest BCUT2D eigenvalue weighted by Crippen LogP contribution is -2.59. The number of alkyl halides is 7. The molecule has 0 radical (unpaired) electrons. The van der Waals surface area contributed by atoms with Gasteiger partial charge in [0, 0.05) is 12.0 Å². The van der Waals surface area contributed by atoms with Crippen molar-refractivity contribution < 1.29 is 53.5 Å². The molecule has 1 saturated heterocycles. The van der Waals surface area contributed by atoms with Crippen molar-refractivity contribution in [3.63, 3.8) is 0 Å². The summed E-state index contributed by atoms with van der Waals surface area (Å²) in [4.78, 5) is 16.9. The van der Waals surface area contributed by atoms with E-state index in [2.05, 4.69) is 9.99 Å². The third-order valence-corrected chi connectivity index (χ3v) is 5.96. The fourth-order valence-corrected chi connectivity index (χ4v) is 4.01. The maximum atomic E-state index is 15.0. The summed E-state index contributed by atoms with van der Waals surface area (Å²) in [5.74, 6) is -6.96. The summed E-state index contributed by atoms with van der Waals surface area (Å²) in [6.45, 7) is -1.27. The normalized spacial score (nSPS) is 21.6. The average Bonchev–Trinajstić information content (AvgIpc) is 3.21. The van der Waals surface area contributed by atoms with E-state index in [1.54, 1.807) is 0 Å². The van der Waals surface area contributed by atoms with Crippen LogP contribution in [-0.4, -0.2) is 42.0 Å². The molecule has 0 aliphatic carbocycles. The number of halogens is 10. The second-order valence-corrected chi connectivity index (χ2v) is 8.47.